The molecule has 8 heteroatoms. The number of methoxy groups -OCH3 is 1. The Bertz CT molecular complexity index is 1140. The van der Waals surface area contributed by atoms with Crippen LogP contribution in [0, 0.1) is 0 Å². The van der Waals surface area contributed by atoms with E-state index in [0.717, 1.165) is 36.1 Å². The van der Waals surface area contributed by atoms with Crippen molar-refractivity contribution in [3.05, 3.63) is 45.1 Å². The maximum absolute atomic E-state index is 13.7. The summed E-state index contributed by atoms with van der Waals surface area (Å²) in [6.07, 6.45) is 5.32. The fourth-order valence-electron chi connectivity index (χ4n) is 3.64. The van der Waals surface area contributed by atoms with Gasteiger partial charge in [0.25, 0.3) is 5.56 Å². The number of ether oxygens (including phenoxy) is 1. The van der Waals surface area contributed by atoms with Crippen molar-refractivity contribution in [2.75, 3.05) is 7.11 Å². The molecular formula is C21H23N3O3S2. The normalized spacial score (nSPS) is 15.0. The molecule has 2 aromatic heterocycles. The van der Waals surface area contributed by atoms with Crippen molar-refractivity contribution in [1.29, 1.82) is 0 Å². The number of aryl methyl sites for hydroxylation is 2. The Morgan fingerprint density at radius 3 is 2.86 bits per heavy atom. The monoisotopic (exact) mass is 429 g/mol. The van der Waals surface area contributed by atoms with Crippen LogP contribution in [0.3, 0.4) is 0 Å². The summed E-state index contributed by atoms with van der Waals surface area (Å²) in [4.78, 5) is 32.2. The van der Waals surface area contributed by atoms with E-state index in [1.54, 1.807) is 36.0 Å². The lowest BCUT2D eigenvalue weighted by atomic mass is 10.1. The van der Waals surface area contributed by atoms with Crippen LogP contribution in [0.2, 0.25) is 0 Å². The molecule has 0 aliphatic heterocycles. The molecule has 3 aromatic rings. The zero-order valence-corrected chi connectivity index (χ0v) is 18.1. The number of aromatic nitrogens is 2. The molecule has 1 aliphatic carbocycles. The topological polar surface area (TPSA) is 87.2 Å². The molecule has 0 unspecified atom stereocenters. The van der Waals surface area contributed by atoms with Crippen molar-refractivity contribution in [3.8, 4) is 11.4 Å². The first-order valence-electron chi connectivity index (χ1n) is 9.67. The highest BCUT2D eigenvalue weighted by atomic mass is 32.2. The predicted octanol–water partition coefficient (Wildman–Crippen LogP) is 3.69. The van der Waals surface area contributed by atoms with Gasteiger partial charge in [-0.3, -0.25) is 14.2 Å². The number of thioether (sulfide) groups is 1. The van der Waals surface area contributed by atoms with Crippen molar-refractivity contribution < 1.29 is 9.53 Å². The largest absolute Gasteiger partial charge is 0.497 e. The van der Waals surface area contributed by atoms with Crippen molar-refractivity contribution in [3.63, 3.8) is 0 Å². The summed E-state index contributed by atoms with van der Waals surface area (Å²) >= 11 is 2.82. The molecular weight excluding hydrogens is 406 g/mol. The number of hydrogen-bond acceptors (Lipinski definition) is 6. The highest BCUT2D eigenvalue weighted by molar-refractivity contribution is 8.00. The number of thiophene rings is 1. The first-order chi connectivity index (χ1) is 14.0. The average Bonchev–Trinajstić information content (AvgIpc) is 2.89. The van der Waals surface area contributed by atoms with Gasteiger partial charge in [0.05, 0.1) is 23.4 Å². The van der Waals surface area contributed by atoms with E-state index in [0.29, 0.717) is 22.0 Å². The molecule has 29 heavy (non-hydrogen) atoms. The van der Waals surface area contributed by atoms with Gasteiger partial charge in [-0.05, 0) is 50.3 Å². The molecule has 152 valence electrons. The second-order valence-electron chi connectivity index (χ2n) is 7.14. The fraction of sp³-hybridized carbons (Fsp3) is 0.381. The molecule has 0 bridgehead atoms. The summed E-state index contributed by atoms with van der Waals surface area (Å²) in [7, 11) is 1.59. The molecule has 4 rings (SSSR count). The highest BCUT2D eigenvalue weighted by Crippen LogP contribution is 2.35. The van der Waals surface area contributed by atoms with Crippen molar-refractivity contribution in [2.24, 2.45) is 5.73 Å². The quantitative estimate of drug-likeness (QED) is 0.380. The summed E-state index contributed by atoms with van der Waals surface area (Å²) in [6.45, 7) is 1.73. The molecule has 6 nitrogen and oxygen atoms in total. The van der Waals surface area contributed by atoms with Crippen LogP contribution in [0.1, 0.15) is 36.6 Å². The van der Waals surface area contributed by atoms with Crippen LogP contribution in [0.5, 0.6) is 5.75 Å². The third-order valence-corrected chi connectivity index (χ3v) is 7.46. The maximum atomic E-state index is 13.7. The van der Waals surface area contributed by atoms with Gasteiger partial charge >= 0.3 is 0 Å². The fourth-order valence-corrected chi connectivity index (χ4v) is 5.82. The number of carbonyl (C=O) groups excluding carboxylic acids is 1. The number of primary amides is 1. The first-order valence-corrected chi connectivity index (χ1v) is 11.4. The second-order valence-corrected chi connectivity index (χ2v) is 9.54. The molecule has 1 aromatic carbocycles. The summed E-state index contributed by atoms with van der Waals surface area (Å²) in [5.41, 5.74) is 7.19. The number of amides is 1. The lowest BCUT2D eigenvalue weighted by Gasteiger charge is -2.15. The standard InChI is InChI=1S/C21H23N3O3S2/c1-12(18(22)25)28-21-23-19-17(15-9-4-3-5-10-16(15)29-19)20(26)24(21)13-7-6-8-14(11-13)27-2/h6-8,11-12H,3-5,9-10H2,1-2H3,(H2,22,25)/t12-/m1/s1. The Kier molecular flexibility index (Phi) is 5.65. The number of rotatable bonds is 5. The number of benzene rings is 1. The summed E-state index contributed by atoms with van der Waals surface area (Å²) in [6, 6.07) is 7.32. The second kappa shape index (κ2) is 8.20. The van der Waals surface area contributed by atoms with Gasteiger partial charge in [0.15, 0.2) is 5.16 Å². The molecule has 0 radical (unpaired) electrons. The highest BCUT2D eigenvalue weighted by Gasteiger charge is 2.24. The van der Waals surface area contributed by atoms with Crippen LogP contribution in [0.15, 0.2) is 34.2 Å². The third kappa shape index (κ3) is 3.79. The molecule has 0 fully saturated rings. The van der Waals surface area contributed by atoms with E-state index in [9.17, 15) is 9.59 Å². The summed E-state index contributed by atoms with van der Waals surface area (Å²) < 4.78 is 6.93. The van der Waals surface area contributed by atoms with Gasteiger partial charge in [-0.2, -0.15) is 0 Å². The Balaban J connectivity index is 1.98. The minimum absolute atomic E-state index is 0.0955. The number of carbonyl (C=O) groups is 1. The van der Waals surface area contributed by atoms with Crippen molar-refractivity contribution in [2.45, 2.75) is 49.4 Å². The van der Waals surface area contributed by atoms with Crippen LogP contribution in [0.4, 0.5) is 0 Å². The van der Waals surface area contributed by atoms with Crippen LogP contribution >= 0.6 is 23.1 Å². The SMILES string of the molecule is COc1cccc(-n2c(S[C@H](C)C(N)=O)nc3sc4c(c3c2=O)CCCCC4)c1. The Morgan fingerprint density at radius 2 is 2.10 bits per heavy atom. The zero-order chi connectivity index (χ0) is 20.5. The number of nitrogens with zero attached hydrogens (tertiary/aromatic N) is 2. The Labute approximate surface area is 177 Å². The number of fused-ring (bicyclic) bond motifs is 3. The van der Waals surface area contributed by atoms with Gasteiger partial charge < -0.3 is 10.5 Å². The van der Waals surface area contributed by atoms with Gasteiger partial charge in [-0.25, -0.2) is 4.98 Å². The van der Waals surface area contributed by atoms with E-state index in [1.807, 2.05) is 18.2 Å². The van der Waals surface area contributed by atoms with E-state index < -0.39 is 11.2 Å². The van der Waals surface area contributed by atoms with E-state index >= 15 is 0 Å². The van der Waals surface area contributed by atoms with Crippen LogP contribution in [-0.2, 0) is 17.6 Å². The number of nitrogens with two attached hydrogens (primary N) is 1. The van der Waals surface area contributed by atoms with Crippen molar-refractivity contribution >= 4 is 39.2 Å². The van der Waals surface area contributed by atoms with Gasteiger partial charge in [0, 0.05) is 10.9 Å². The zero-order valence-electron chi connectivity index (χ0n) is 16.4. The van der Waals surface area contributed by atoms with Crippen LogP contribution < -0.4 is 16.0 Å². The summed E-state index contributed by atoms with van der Waals surface area (Å²) in [5.74, 6) is 0.209. The molecule has 0 saturated heterocycles. The molecule has 2 N–H and O–H groups in total. The molecule has 0 spiro atoms. The van der Waals surface area contributed by atoms with Gasteiger partial charge in [0.1, 0.15) is 10.6 Å². The third-order valence-electron chi connectivity index (χ3n) is 5.20. The molecule has 1 aliphatic rings. The predicted molar refractivity (Wildman–Crippen MR) is 118 cm³/mol. The first kappa shape index (κ1) is 20.0. The minimum Gasteiger partial charge on any atom is -0.497 e. The molecule has 2 heterocycles. The Morgan fingerprint density at radius 1 is 1.31 bits per heavy atom. The molecule has 0 saturated carbocycles. The Hall–Kier alpha value is -2.32. The van der Waals surface area contributed by atoms with E-state index in [1.165, 1.54) is 23.1 Å². The van der Waals surface area contributed by atoms with E-state index in [2.05, 4.69) is 0 Å². The van der Waals surface area contributed by atoms with Gasteiger partial charge in [0.2, 0.25) is 5.91 Å². The smallest absolute Gasteiger partial charge is 0.267 e. The lowest BCUT2D eigenvalue weighted by Crippen LogP contribution is -2.26. The van der Waals surface area contributed by atoms with Crippen molar-refractivity contribution in [1.82, 2.24) is 9.55 Å². The van der Waals surface area contributed by atoms with E-state index in [4.69, 9.17) is 15.5 Å². The minimum atomic E-state index is -0.506. The molecule has 1 atom stereocenters. The van der Waals surface area contributed by atoms with Crippen LogP contribution in [0.25, 0.3) is 15.9 Å². The van der Waals surface area contributed by atoms with E-state index in [-0.39, 0.29) is 5.56 Å². The molecule has 1 amide bonds. The average molecular weight is 430 g/mol. The lowest BCUT2D eigenvalue weighted by molar-refractivity contribution is -0.117. The van der Waals surface area contributed by atoms with Gasteiger partial charge in [-0.15, -0.1) is 11.3 Å². The van der Waals surface area contributed by atoms with Crippen LogP contribution in [-0.4, -0.2) is 27.8 Å². The number of hydrogen-bond donors (Lipinski definition) is 1. The summed E-state index contributed by atoms with van der Waals surface area (Å²) in [5, 5.41) is 0.679. The maximum Gasteiger partial charge on any atom is 0.267 e. The van der Waals surface area contributed by atoms with Gasteiger partial charge in [-0.1, -0.05) is 24.2 Å².